The number of hydrogen-bond donors (Lipinski definition) is 1. The zero-order chi connectivity index (χ0) is 16.9. The number of carbonyl (C=O) groups excluding carboxylic acids is 1. The highest BCUT2D eigenvalue weighted by atomic mass is 32.2. The van der Waals surface area contributed by atoms with E-state index in [1.165, 1.54) is 38.4 Å². The number of esters is 1. The van der Waals surface area contributed by atoms with Crippen LogP contribution in [0.2, 0.25) is 0 Å². The van der Waals surface area contributed by atoms with Gasteiger partial charge in [-0.1, -0.05) is 0 Å². The fourth-order valence-electron chi connectivity index (χ4n) is 2.26. The molecular weight excluding hydrogens is 318 g/mol. The second-order valence-corrected chi connectivity index (χ2v) is 7.69. The first-order chi connectivity index (χ1) is 10.9. The molecule has 1 aromatic rings. The number of sulfonamides is 1. The third-order valence-electron chi connectivity index (χ3n) is 3.72. The van der Waals surface area contributed by atoms with Crippen LogP contribution in [0, 0.1) is 0 Å². The van der Waals surface area contributed by atoms with E-state index in [2.05, 4.69) is 10.2 Å². The van der Waals surface area contributed by atoms with E-state index in [1.54, 1.807) is 0 Å². The first kappa shape index (κ1) is 17.9. The number of ether oxygens (including phenoxy) is 1. The van der Waals surface area contributed by atoms with E-state index in [1.807, 2.05) is 0 Å². The summed E-state index contributed by atoms with van der Waals surface area (Å²) in [5.41, 5.74) is 0.350. The minimum Gasteiger partial charge on any atom is -0.461 e. The summed E-state index contributed by atoms with van der Waals surface area (Å²) in [7, 11) is -0.550. The summed E-state index contributed by atoms with van der Waals surface area (Å²) in [6.45, 7) is 4.85. The molecule has 1 saturated heterocycles. The summed E-state index contributed by atoms with van der Waals surface area (Å²) in [5, 5.41) is 3.26. The predicted octanol–water partition coefficient (Wildman–Crippen LogP) is -0.00110. The Kier molecular flexibility index (Phi) is 6.11. The Labute approximate surface area is 137 Å². The second-order valence-electron chi connectivity index (χ2n) is 5.54. The van der Waals surface area contributed by atoms with E-state index in [0.29, 0.717) is 18.7 Å². The molecule has 0 aliphatic carbocycles. The van der Waals surface area contributed by atoms with Crippen molar-refractivity contribution in [1.82, 2.24) is 14.5 Å². The Morgan fingerprint density at radius 3 is 2.39 bits per heavy atom. The summed E-state index contributed by atoms with van der Waals surface area (Å²) in [4.78, 5) is 14.4. The molecular formula is C15H23N3O4S. The van der Waals surface area contributed by atoms with Gasteiger partial charge in [-0.2, -0.15) is 0 Å². The topological polar surface area (TPSA) is 79.0 Å². The average molecular weight is 341 g/mol. The fourth-order valence-corrected chi connectivity index (χ4v) is 3.16. The van der Waals surface area contributed by atoms with Crippen LogP contribution < -0.4 is 5.32 Å². The average Bonchev–Trinajstić information content (AvgIpc) is 2.55. The highest BCUT2D eigenvalue weighted by Gasteiger charge is 2.18. The summed E-state index contributed by atoms with van der Waals surface area (Å²) < 4.78 is 30.3. The minimum atomic E-state index is -3.48. The molecule has 128 valence electrons. The summed E-state index contributed by atoms with van der Waals surface area (Å²) in [5.74, 6) is -0.436. The lowest BCUT2D eigenvalue weighted by atomic mass is 10.2. The Hall–Kier alpha value is -1.48. The van der Waals surface area contributed by atoms with Crippen molar-refractivity contribution in [2.24, 2.45) is 0 Å². The molecule has 0 aromatic heterocycles. The molecule has 1 aliphatic rings. The molecule has 0 atom stereocenters. The maximum atomic E-state index is 12.0. The molecule has 0 radical (unpaired) electrons. The third kappa shape index (κ3) is 4.74. The molecule has 0 unspecified atom stereocenters. The van der Waals surface area contributed by atoms with E-state index >= 15 is 0 Å². The highest BCUT2D eigenvalue weighted by molar-refractivity contribution is 7.89. The van der Waals surface area contributed by atoms with Crippen LogP contribution in [-0.2, 0) is 14.8 Å². The van der Waals surface area contributed by atoms with Gasteiger partial charge in [-0.15, -0.1) is 0 Å². The molecule has 7 nitrogen and oxygen atoms in total. The van der Waals surface area contributed by atoms with Gasteiger partial charge < -0.3 is 10.1 Å². The molecule has 0 spiro atoms. The Balaban J connectivity index is 1.87. The van der Waals surface area contributed by atoms with Crippen LogP contribution in [0.25, 0.3) is 0 Å². The number of benzene rings is 1. The van der Waals surface area contributed by atoms with Crippen molar-refractivity contribution in [1.29, 1.82) is 0 Å². The van der Waals surface area contributed by atoms with Gasteiger partial charge >= 0.3 is 5.97 Å². The van der Waals surface area contributed by atoms with Gasteiger partial charge in [-0.3, -0.25) is 4.90 Å². The summed E-state index contributed by atoms with van der Waals surface area (Å²) >= 11 is 0. The Morgan fingerprint density at radius 1 is 1.22 bits per heavy atom. The van der Waals surface area contributed by atoms with Gasteiger partial charge in [0, 0.05) is 46.8 Å². The van der Waals surface area contributed by atoms with Crippen molar-refractivity contribution in [2.45, 2.75) is 4.90 Å². The van der Waals surface area contributed by atoms with Crippen molar-refractivity contribution < 1.29 is 17.9 Å². The predicted molar refractivity (Wildman–Crippen MR) is 86.9 cm³/mol. The highest BCUT2D eigenvalue weighted by Crippen LogP contribution is 2.14. The Bertz CT molecular complexity index is 623. The number of nitrogens with one attached hydrogen (secondary N) is 1. The lowest BCUT2D eigenvalue weighted by Gasteiger charge is -2.26. The van der Waals surface area contributed by atoms with E-state index in [4.69, 9.17) is 4.74 Å². The molecule has 0 bridgehead atoms. The normalized spacial score (nSPS) is 16.5. The van der Waals surface area contributed by atoms with Gasteiger partial charge in [0.25, 0.3) is 0 Å². The Morgan fingerprint density at radius 2 is 1.83 bits per heavy atom. The summed E-state index contributed by atoms with van der Waals surface area (Å²) in [6, 6.07) is 5.79. The van der Waals surface area contributed by atoms with E-state index in [0.717, 1.165) is 30.5 Å². The summed E-state index contributed by atoms with van der Waals surface area (Å²) in [6.07, 6.45) is 0. The van der Waals surface area contributed by atoms with Gasteiger partial charge in [-0.05, 0) is 24.3 Å². The first-order valence-electron chi connectivity index (χ1n) is 7.54. The molecule has 1 heterocycles. The fraction of sp³-hybridized carbons (Fsp3) is 0.533. The molecule has 0 saturated carbocycles. The smallest absolute Gasteiger partial charge is 0.338 e. The number of hydrogen-bond acceptors (Lipinski definition) is 6. The van der Waals surface area contributed by atoms with E-state index in [9.17, 15) is 13.2 Å². The first-order valence-corrected chi connectivity index (χ1v) is 8.98. The minimum absolute atomic E-state index is 0.153. The molecule has 1 aliphatic heterocycles. The van der Waals surface area contributed by atoms with Crippen molar-refractivity contribution in [2.75, 3.05) is 53.4 Å². The molecule has 2 rings (SSSR count). The van der Waals surface area contributed by atoms with Crippen LogP contribution in [-0.4, -0.2) is 77.0 Å². The molecule has 23 heavy (non-hydrogen) atoms. The van der Waals surface area contributed by atoms with Crippen molar-refractivity contribution >= 4 is 16.0 Å². The van der Waals surface area contributed by atoms with Crippen molar-refractivity contribution in [3.8, 4) is 0 Å². The maximum absolute atomic E-state index is 12.0. The number of piperazine rings is 1. The molecule has 1 N–H and O–H groups in total. The molecule has 8 heteroatoms. The zero-order valence-corrected chi connectivity index (χ0v) is 14.3. The van der Waals surface area contributed by atoms with Gasteiger partial charge in [0.05, 0.1) is 10.5 Å². The van der Waals surface area contributed by atoms with Crippen molar-refractivity contribution in [3.63, 3.8) is 0 Å². The quantitative estimate of drug-likeness (QED) is 0.734. The monoisotopic (exact) mass is 341 g/mol. The molecule has 0 amide bonds. The van der Waals surface area contributed by atoms with Crippen LogP contribution in [0.1, 0.15) is 10.4 Å². The number of nitrogens with zero attached hydrogens (tertiary/aromatic N) is 2. The van der Waals surface area contributed by atoms with Gasteiger partial charge in [0.2, 0.25) is 10.0 Å². The SMILES string of the molecule is CN(C)S(=O)(=O)c1ccc(C(=O)OCCN2CCNCC2)cc1. The van der Waals surface area contributed by atoms with Gasteiger partial charge in [0.15, 0.2) is 0 Å². The van der Waals surface area contributed by atoms with Crippen LogP contribution in [0.4, 0.5) is 0 Å². The standard InChI is InChI=1S/C15H23N3O4S/c1-17(2)23(20,21)14-5-3-13(4-6-14)15(19)22-12-11-18-9-7-16-8-10-18/h3-6,16H,7-12H2,1-2H3. The largest absolute Gasteiger partial charge is 0.461 e. The number of rotatable bonds is 6. The van der Waals surface area contributed by atoms with Crippen LogP contribution in [0.15, 0.2) is 29.2 Å². The van der Waals surface area contributed by atoms with E-state index in [-0.39, 0.29) is 4.90 Å². The van der Waals surface area contributed by atoms with Crippen molar-refractivity contribution in [3.05, 3.63) is 29.8 Å². The van der Waals surface area contributed by atoms with Gasteiger partial charge in [0.1, 0.15) is 6.61 Å². The molecule has 1 fully saturated rings. The lowest BCUT2D eigenvalue weighted by molar-refractivity contribution is 0.0456. The second kappa shape index (κ2) is 7.87. The number of carbonyl (C=O) groups is 1. The van der Waals surface area contributed by atoms with E-state index < -0.39 is 16.0 Å². The maximum Gasteiger partial charge on any atom is 0.338 e. The van der Waals surface area contributed by atoms with Crippen LogP contribution in [0.5, 0.6) is 0 Å². The molecule has 1 aromatic carbocycles. The van der Waals surface area contributed by atoms with Gasteiger partial charge in [-0.25, -0.2) is 17.5 Å². The van der Waals surface area contributed by atoms with Crippen LogP contribution in [0.3, 0.4) is 0 Å². The van der Waals surface area contributed by atoms with Crippen LogP contribution >= 0.6 is 0 Å². The lowest BCUT2D eigenvalue weighted by Crippen LogP contribution is -2.44. The zero-order valence-electron chi connectivity index (χ0n) is 13.5. The third-order valence-corrected chi connectivity index (χ3v) is 5.55.